The van der Waals surface area contributed by atoms with E-state index >= 15 is 0 Å². The van der Waals surface area contributed by atoms with Gasteiger partial charge in [0, 0.05) is 13.1 Å². The van der Waals surface area contributed by atoms with Gasteiger partial charge in [0.25, 0.3) is 11.5 Å². The van der Waals surface area contributed by atoms with Gasteiger partial charge in [-0.25, -0.2) is 4.79 Å². The number of carbonyl (C=O) groups excluding carboxylic acids is 1. The highest BCUT2D eigenvalue weighted by molar-refractivity contribution is 9.11. The molecular formula is C15H19BrN4O3S. The van der Waals surface area contributed by atoms with Crippen molar-refractivity contribution in [3.8, 4) is 0 Å². The lowest BCUT2D eigenvalue weighted by Gasteiger charge is -2.22. The summed E-state index contributed by atoms with van der Waals surface area (Å²) in [6.07, 6.45) is 1.62. The summed E-state index contributed by atoms with van der Waals surface area (Å²) in [5.74, 6) is -0.311. The van der Waals surface area contributed by atoms with Crippen molar-refractivity contribution in [3.63, 3.8) is 0 Å². The third kappa shape index (κ3) is 3.62. The lowest BCUT2D eigenvalue weighted by molar-refractivity contribution is 0.0992. The summed E-state index contributed by atoms with van der Waals surface area (Å²) in [5.41, 5.74) is 4.87. The van der Waals surface area contributed by atoms with Crippen molar-refractivity contribution in [1.82, 2.24) is 9.55 Å². The molecule has 3 N–H and O–H groups in total. The number of unbranched alkanes of at least 4 members (excludes halogenated alkanes) is 1. The third-order valence-electron chi connectivity index (χ3n) is 3.56. The molecule has 0 saturated carbocycles. The standard InChI is InChI=1S/C15H19BrN4O3S/c1-3-5-8-20-12(17)11(13(21)18-15(20)23)19(4-2)14(22)9-6-7-10(16)24-9/h6-7H,3-5,8,17H2,1-2H3,(H,18,21,23). The van der Waals surface area contributed by atoms with Crippen molar-refractivity contribution in [2.45, 2.75) is 33.2 Å². The third-order valence-corrected chi connectivity index (χ3v) is 5.18. The summed E-state index contributed by atoms with van der Waals surface area (Å²) >= 11 is 4.59. The van der Waals surface area contributed by atoms with E-state index in [9.17, 15) is 14.4 Å². The predicted molar refractivity (Wildman–Crippen MR) is 100 cm³/mol. The summed E-state index contributed by atoms with van der Waals surface area (Å²) in [6, 6.07) is 3.44. The molecule has 24 heavy (non-hydrogen) atoms. The number of nitrogens with two attached hydrogens (primary N) is 1. The molecule has 0 atom stereocenters. The number of hydrogen-bond donors (Lipinski definition) is 2. The Morgan fingerprint density at radius 3 is 2.62 bits per heavy atom. The first kappa shape index (κ1) is 18.5. The van der Waals surface area contributed by atoms with Crippen LogP contribution < -0.4 is 21.9 Å². The number of halogens is 1. The van der Waals surface area contributed by atoms with Gasteiger partial charge in [0.1, 0.15) is 5.82 Å². The molecule has 7 nitrogen and oxygen atoms in total. The Kier molecular flexibility index (Phi) is 6.00. The van der Waals surface area contributed by atoms with Crippen LogP contribution in [-0.4, -0.2) is 22.0 Å². The molecule has 0 aliphatic carbocycles. The van der Waals surface area contributed by atoms with Gasteiger partial charge in [-0.2, -0.15) is 0 Å². The van der Waals surface area contributed by atoms with Gasteiger partial charge in [-0.3, -0.25) is 19.1 Å². The van der Waals surface area contributed by atoms with Crippen LogP contribution in [0.5, 0.6) is 0 Å². The summed E-state index contributed by atoms with van der Waals surface area (Å²) in [6.45, 7) is 4.39. The van der Waals surface area contributed by atoms with E-state index in [0.717, 1.165) is 16.6 Å². The van der Waals surface area contributed by atoms with E-state index in [-0.39, 0.29) is 24.0 Å². The maximum absolute atomic E-state index is 12.7. The topological polar surface area (TPSA) is 101 Å². The fourth-order valence-corrected chi connectivity index (χ4v) is 3.68. The molecule has 2 aromatic rings. The van der Waals surface area contributed by atoms with Crippen LogP contribution in [0, 0.1) is 0 Å². The Hall–Kier alpha value is -1.87. The molecule has 0 bridgehead atoms. The molecule has 0 aliphatic heterocycles. The van der Waals surface area contributed by atoms with E-state index in [0.29, 0.717) is 11.4 Å². The number of nitrogen functional groups attached to an aromatic ring is 1. The average Bonchev–Trinajstić information content (AvgIpc) is 2.97. The Morgan fingerprint density at radius 2 is 2.08 bits per heavy atom. The Labute approximate surface area is 151 Å². The number of nitrogens with zero attached hydrogens (tertiary/aromatic N) is 2. The highest BCUT2D eigenvalue weighted by Crippen LogP contribution is 2.26. The van der Waals surface area contributed by atoms with Gasteiger partial charge in [-0.1, -0.05) is 13.3 Å². The molecule has 0 spiro atoms. The maximum atomic E-state index is 12.7. The molecule has 0 aromatic carbocycles. The smallest absolute Gasteiger partial charge is 0.330 e. The zero-order valence-electron chi connectivity index (χ0n) is 13.5. The van der Waals surface area contributed by atoms with Gasteiger partial charge in [0.05, 0.1) is 8.66 Å². The maximum Gasteiger partial charge on any atom is 0.330 e. The van der Waals surface area contributed by atoms with Gasteiger partial charge in [0.15, 0.2) is 5.69 Å². The molecule has 0 unspecified atom stereocenters. The van der Waals surface area contributed by atoms with Crippen LogP contribution in [0.2, 0.25) is 0 Å². The van der Waals surface area contributed by atoms with E-state index in [4.69, 9.17) is 5.73 Å². The fraction of sp³-hybridized carbons (Fsp3) is 0.400. The Balaban J connectivity index is 2.53. The lowest BCUT2D eigenvalue weighted by atomic mass is 10.3. The van der Waals surface area contributed by atoms with E-state index in [1.807, 2.05) is 6.92 Å². The minimum atomic E-state index is -0.656. The van der Waals surface area contributed by atoms with Gasteiger partial charge < -0.3 is 10.6 Å². The number of aromatic amines is 1. The van der Waals surface area contributed by atoms with Gasteiger partial charge >= 0.3 is 5.69 Å². The summed E-state index contributed by atoms with van der Waals surface area (Å²) in [5, 5.41) is 0. The Morgan fingerprint density at radius 1 is 1.38 bits per heavy atom. The minimum absolute atomic E-state index is 0.0164. The first-order valence-corrected chi connectivity index (χ1v) is 9.21. The van der Waals surface area contributed by atoms with E-state index in [1.54, 1.807) is 19.1 Å². The van der Waals surface area contributed by atoms with Crippen LogP contribution in [0.1, 0.15) is 36.4 Å². The number of hydrogen-bond acceptors (Lipinski definition) is 5. The van der Waals surface area contributed by atoms with Crippen LogP contribution in [0.15, 0.2) is 25.5 Å². The molecule has 0 fully saturated rings. The molecule has 2 rings (SSSR count). The van der Waals surface area contributed by atoms with Crippen LogP contribution in [0.4, 0.5) is 11.5 Å². The lowest BCUT2D eigenvalue weighted by Crippen LogP contribution is -2.41. The molecule has 0 radical (unpaired) electrons. The normalized spacial score (nSPS) is 10.8. The largest absolute Gasteiger partial charge is 0.383 e. The quantitative estimate of drug-likeness (QED) is 0.757. The number of aromatic nitrogens is 2. The van der Waals surface area contributed by atoms with E-state index in [1.165, 1.54) is 20.8 Å². The summed E-state index contributed by atoms with van der Waals surface area (Å²) < 4.78 is 2.12. The first-order chi connectivity index (χ1) is 11.4. The van der Waals surface area contributed by atoms with Crippen LogP contribution >= 0.6 is 27.3 Å². The monoisotopic (exact) mass is 414 g/mol. The molecule has 130 valence electrons. The second kappa shape index (κ2) is 7.80. The van der Waals surface area contributed by atoms with E-state index in [2.05, 4.69) is 20.9 Å². The number of rotatable bonds is 6. The van der Waals surface area contributed by atoms with Gasteiger partial charge in [0.2, 0.25) is 0 Å². The zero-order valence-corrected chi connectivity index (χ0v) is 15.9. The molecule has 0 saturated heterocycles. The zero-order chi connectivity index (χ0) is 17.9. The number of anilines is 2. The predicted octanol–water partition coefficient (Wildman–Crippen LogP) is 2.41. The van der Waals surface area contributed by atoms with Gasteiger partial charge in [-0.05, 0) is 41.4 Å². The SMILES string of the molecule is CCCCn1c(N)c(N(CC)C(=O)c2ccc(Br)s2)c(=O)[nH]c1=O. The fourth-order valence-electron chi connectivity index (χ4n) is 2.34. The van der Waals surface area contributed by atoms with Crippen LogP contribution in [0.25, 0.3) is 0 Å². The number of H-pyrrole nitrogens is 1. The van der Waals surface area contributed by atoms with Crippen LogP contribution in [0.3, 0.4) is 0 Å². The first-order valence-electron chi connectivity index (χ1n) is 7.60. The van der Waals surface area contributed by atoms with E-state index < -0.39 is 11.2 Å². The minimum Gasteiger partial charge on any atom is -0.383 e. The van der Waals surface area contributed by atoms with Crippen molar-refractivity contribution >= 4 is 44.7 Å². The highest BCUT2D eigenvalue weighted by Gasteiger charge is 2.24. The summed E-state index contributed by atoms with van der Waals surface area (Å²) in [7, 11) is 0. The average molecular weight is 415 g/mol. The van der Waals surface area contributed by atoms with Crippen molar-refractivity contribution in [2.24, 2.45) is 0 Å². The molecule has 2 aromatic heterocycles. The number of nitrogens with one attached hydrogen (secondary N) is 1. The molecule has 2 heterocycles. The van der Waals surface area contributed by atoms with Gasteiger partial charge in [-0.15, -0.1) is 11.3 Å². The van der Waals surface area contributed by atoms with Crippen molar-refractivity contribution in [2.75, 3.05) is 17.2 Å². The van der Waals surface area contributed by atoms with Crippen LogP contribution in [-0.2, 0) is 6.54 Å². The van der Waals surface area contributed by atoms with Crippen molar-refractivity contribution in [3.05, 3.63) is 41.6 Å². The molecule has 1 amide bonds. The summed E-state index contributed by atoms with van der Waals surface area (Å²) in [4.78, 5) is 41.0. The van der Waals surface area contributed by atoms with Crippen molar-refractivity contribution < 1.29 is 4.79 Å². The van der Waals surface area contributed by atoms with Crippen molar-refractivity contribution in [1.29, 1.82) is 0 Å². The number of thiophene rings is 1. The highest BCUT2D eigenvalue weighted by atomic mass is 79.9. The number of amides is 1. The number of carbonyl (C=O) groups is 1. The molecular weight excluding hydrogens is 396 g/mol. The molecule has 9 heteroatoms. The molecule has 0 aliphatic rings. The second-order valence-electron chi connectivity index (χ2n) is 5.15. The Bertz CT molecular complexity index is 855. The second-order valence-corrected chi connectivity index (χ2v) is 7.61.